The van der Waals surface area contributed by atoms with Crippen LogP contribution in [0, 0.1) is 0 Å². The number of nitrogens with zero attached hydrogens (tertiary/aromatic N) is 5. The minimum atomic E-state index is -0.360. The van der Waals surface area contributed by atoms with Crippen LogP contribution in [0.15, 0.2) is 4.79 Å². The fourth-order valence-corrected chi connectivity index (χ4v) is 1.73. The molecule has 0 spiro atoms. The summed E-state index contributed by atoms with van der Waals surface area (Å²) in [6, 6.07) is 0. The number of aromatic nitrogens is 3. The van der Waals surface area contributed by atoms with Crippen LogP contribution in [0.5, 0.6) is 0 Å². The Kier molecular flexibility index (Phi) is 3.17. The number of rotatable bonds is 3. The van der Waals surface area contributed by atoms with Gasteiger partial charge in [0, 0.05) is 27.2 Å². The summed E-state index contributed by atoms with van der Waals surface area (Å²) in [6.45, 7) is 1.12. The maximum atomic E-state index is 11.8. The van der Waals surface area contributed by atoms with E-state index in [1.807, 2.05) is 0 Å². The monoisotopic (exact) mass is 253 g/mol. The maximum absolute atomic E-state index is 11.8. The highest BCUT2D eigenvalue weighted by atomic mass is 16.5. The minimum absolute atomic E-state index is 0.0832. The number of carbonyl (C=O) groups excluding carboxylic acids is 1. The molecule has 0 N–H and O–H groups in total. The first-order valence-electron chi connectivity index (χ1n) is 5.51. The molecule has 0 amide bonds. The van der Waals surface area contributed by atoms with Gasteiger partial charge in [-0.3, -0.25) is 9.36 Å². The maximum Gasteiger partial charge on any atom is 0.353 e. The Bertz CT molecular complexity index is 525. The summed E-state index contributed by atoms with van der Waals surface area (Å²) in [5.41, 5.74) is -0.351. The summed E-state index contributed by atoms with van der Waals surface area (Å²) in [7, 11) is 4.84. The number of fused-ring (bicyclic) bond motifs is 1. The Hall–Kier alpha value is -2.12. The van der Waals surface area contributed by atoms with E-state index in [1.54, 1.807) is 23.9 Å². The van der Waals surface area contributed by atoms with Crippen molar-refractivity contribution in [1.82, 2.24) is 14.5 Å². The molecular formula is C10H15N5O3. The highest BCUT2D eigenvalue weighted by Crippen LogP contribution is 2.17. The summed E-state index contributed by atoms with van der Waals surface area (Å²) in [4.78, 5) is 34.6. The van der Waals surface area contributed by atoms with E-state index in [9.17, 15) is 9.59 Å². The third kappa shape index (κ3) is 2.13. The molecule has 0 aliphatic carbocycles. The molecular weight excluding hydrogens is 238 g/mol. The number of hydrogen-bond donors (Lipinski definition) is 0. The molecule has 0 bridgehead atoms. The van der Waals surface area contributed by atoms with Crippen LogP contribution in [0.3, 0.4) is 0 Å². The highest BCUT2D eigenvalue weighted by molar-refractivity contribution is 5.75. The summed E-state index contributed by atoms with van der Waals surface area (Å²) in [5.74, 6) is 0.438. The summed E-state index contributed by atoms with van der Waals surface area (Å²) in [5, 5.41) is 0. The van der Waals surface area contributed by atoms with E-state index in [0.29, 0.717) is 25.0 Å². The Balaban J connectivity index is 2.36. The van der Waals surface area contributed by atoms with E-state index in [-0.39, 0.29) is 18.2 Å². The lowest BCUT2D eigenvalue weighted by Gasteiger charge is -2.17. The van der Waals surface area contributed by atoms with Gasteiger partial charge in [-0.2, -0.15) is 9.97 Å². The van der Waals surface area contributed by atoms with Crippen LogP contribution in [0.1, 0.15) is 0 Å². The predicted molar refractivity (Wildman–Crippen MR) is 64.8 cm³/mol. The van der Waals surface area contributed by atoms with Crippen molar-refractivity contribution in [3.05, 3.63) is 10.5 Å². The molecule has 0 unspecified atom stereocenters. The molecule has 8 nitrogen and oxygen atoms in total. The first-order valence-corrected chi connectivity index (χ1v) is 5.51. The molecule has 0 aromatic carbocycles. The Morgan fingerprint density at radius 2 is 2.11 bits per heavy atom. The van der Waals surface area contributed by atoms with Gasteiger partial charge < -0.3 is 14.5 Å². The second kappa shape index (κ2) is 4.63. The van der Waals surface area contributed by atoms with Gasteiger partial charge >= 0.3 is 11.7 Å². The summed E-state index contributed by atoms with van der Waals surface area (Å²) in [6.07, 6.45) is 0. The lowest BCUT2D eigenvalue weighted by atomic mass is 10.5. The smallest absolute Gasteiger partial charge is 0.353 e. The molecule has 1 aromatic rings. The molecule has 0 saturated carbocycles. The van der Waals surface area contributed by atoms with Gasteiger partial charge in [0.15, 0.2) is 0 Å². The molecule has 1 aromatic heterocycles. The average molecular weight is 253 g/mol. The van der Waals surface area contributed by atoms with Gasteiger partial charge in [-0.05, 0) is 0 Å². The third-order valence-electron chi connectivity index (χ3n) is 2.69. The van der Waals surface area contributed by atoms with Crippen LogP contribution in [-0.2, 0) is 16.1 Å². The molecule has 18 heavy (non-hydrogen) atoms. The van der Waals surface area contributed by atoms with E-state index >= 15 is 0 Å². The molecule has 0 radical (unpaired) electrons. The SMILES string of the molecule is COC(=O)CN1CCn2c1nc(N(C)C)nc2=O. The molecule has 0 fully saturated rings. The van der Waals surface area contributed by atoms with Crippen molar-refractivity contribution in [2.24, 2.45) is 0 Å². The zero-order chi connectivity index (χ0) is 13.3. The fourth-order valence-electron chi connectivity index (χ4n) is 1.73. The van der Waals surface area contributed by atoms with Crippen molar-refractivity contribution in [2.45, 2.75) is 6.54 Å². The molecule has 98 valence electrons. The standard InChI is InChI=1S/C10H15N5O3/c1-13(2)8-11-9-14(6-7(16)18-3)4-5-15(9)10(17)12-8/h4-6H2,1-3H3. The van der Waals surface area contributed by atoms with Crippen molar-refractivity contribution >= 4 is 17.9 Å². The van der Waals surface area contributed by atoms with E-state index in [0.717, 1.165) is 0 Å². The number of methoxy groups -OCH3 is 1. The van der Waals surface area contributed by atoms with Crippen molar-refractivity contribution in [3.8, 4) is 0 Å². The Labute approximate surface area is 104 Å². The molecule has 1 aliphatic heterocycles. The summed E-state index contributed by atoms with van der Waals surface area (Å²) < 4.78 is 6.07. The van der Waals surface area contributed by atoms with Gasteiger partial charge in [-0.15, -0.1) is 0 Å². The van der Waals surface area contributed by atoms with E-state index in [1.165, 1.54) is 11.7 Å². The average Bonchev–Trinajstić information content (AvgIpc) is 2.72. The number of ether oxygens (including phenoxy) is 1. The minimum Gasteiger partial charge on any atom is -0.468 e. The van der Waals surface area contributed by atoms with Crippen LogP contribution in [0.25, 0.3) is 0 Å². The zero-order valence-corrected chi connectivity index (χ0v) is 10.6. The zero-order valence-electron chi connectivity index (χ0n) is 10.6. The first kappa shape index (κ1) is 12.3. The molecule has 2 heterocycles. The van der Waals surface area contributed by atoms with Gasteiger partial charge in [-0.25, -0.2) is 4.79 Å². The predicted octanol–water partition coefficient (Wildman–Crippen LogP) is -1.30. The lowest BCUT2D eigenvalue weighted by molar-refractivity contribution is -0.138. The van der Waals surface area contributed by atoms with E-state index in [2.05, 4.69) is 14.7 Å². The van der Waals surface area contributed by atoms with Crippen LogP contribution in [0.4, 0.5) is 11.9 Å². The van der Waals surface area contributed by atoms with Gasteiger partial charge in [0.25, 0.3) is 0 Å². The van der Waals surface area contributed by atoms with Gasteiger partial charge in [-0.1, -0.05) is 0 Å². The molecule has 0 saturated heterocycles. The topological polar surface area (TPSA) is 80.6 Å². The molecule has 2 rings (SSSR count). The van der Waals surface area contributed by atoms with Gasteiger partial charge in [0.05, 0.1) is 7.11 Å². The normalized spacial score (nSPS) is 13.4. The Morgan fingerprint density at radius 1 is 1.39 bits per heavy atom. The number of anilines is 2. The quantitative estimate of drug-likeness (QED) is 0.619. The summed E-state index contributed by atoms with van der Waals surface area (Å²) >= 11 is 0. The van der Waals surface area contributed by atoms with Crippen molar-refractivity contribution in [3.63, 3.8) is 0 Å². The lowest BCUT2D eigenvalue weighted by Crippen LogP contribution is -2.31. The number of carbonyl (C=O) groups is 1. The largest absolute Gasteiger partial charge is 0.468 e. The van der Waals surface area contributed by atoms with Crippen LogP contribution >= 0.6 is 0 Å². The van der Waals surface area contributed by atoms with Crippen LogP contribution in [0.2, 0.25) is 0 Å². The van der Waals surface area contributed by atoms with Crippen LogP contribution < -0.4 is 15.5 Å². The number of hydrogen-bond acceptors (Lipinski definition) is 7. The fraction of sp³-hybridized carbons (Fsp3) is 0.600. The third-order valence-corrected chi connectivity index (χ3v) is 2.69. The molecule has 8 heteroatoms. The molecule has 1 aliphatic rings. The second-order valence-electron chi connectivity index (χ2n) is 4.15. The first-order chi connectivity index (χ1) is 8.52. The molecule has 0 atom stereocenters. The highest BCUT2D eigenvalue weighted by Gasteiger charge is 2.25. The number of esters is 1. The second-order valence-corrected chi connectivity index (χ2v) is 4.15. The van der Waals surface area contributed by atoms with E-state index < -0.39 is 0 Å². The van der Waals surface area contributed by atoms with Gasteiger partial charge in [0.1, 0.15) is 6.54 Å². The van der Waals surface area contributed by atoms with Crippen molar-refractivity contribution in [1.29, 1.82) is 0 Å². The van der Waals surface area contributed by atoms with Gasteiger partial charge in [0.2, 0.25) is 11.9 Å². The van der Waals surface area contributed by atoms with Crippen molar-refractivity contribution in [2.75, 3.05) is 44.1 Å². The Morgan fingerprint density at radius 3 is 2.72 bits per heavy atom. The van der Waals surface area contributed by atoms with E-state index in [4.69, 9.17) is 0 Å². The van der Waals surface area contributed by atoms with Crippen LogP contribution in [-0.4, -0.2) is 54.8 Å². The van der Waals surface area contributed by atoms with Crippen molar-refractivity contribution < 1.29 is 9.53 Å².